The first kappa shape index (κ1) is 15.1. The van der Waals surface area contributed by atoms with Crippen molar-refractivity contribution < 1.29 is 9.63 Å². The van der Waals surface area contributed by atoms with E-state index in [2.05, 4.69) is 45.7 Å². The van der Waals surface area contributed by atoms with Crippen LogP contribution in [-0.4, -0.2) is 11.7 Å². The van der Waals surface area contributed by atoms with Crippen molar-refractivity contribution in [3.8, 4) is 19.5 Å². The average Bonchev–Trinajstić information content (AvgIpc) is 3.23. The number of thiophene rings is 3. The number of hydrogen-bond acceptors (Lipinski definition) is 6. The number of nitrogens with zero attached hydrogens (tertiary/aromatic N) is 1. The summed E-state index contributed by atoms with van der Waals surface area (Å²) in [5, 5.41) is 5.92. The Labute approximate surface area is 140 Å². The largest absolute Gasteiger partial charge is 0.331 e. The normalized spacial score (nSPS) is 11.6. The maximum absolute atomic E-state index is 10.8. The quantitative estimate of drug-likeness (QED) is 0.355. The molecule has 0 N–H and O–H groups in total. The Kier molecular flexibility index (Phi) is 4.52. The molecule has 0 bridgehead atoms. The van der Waals surface area contributed by atoms with E-state index < -0.39 is 5.97 Å². The summed E-state index contributed by atoms with van der Waals surface area (Å²) in [5.74, 6) is -0.407. The fourth-order valence-electron chi connectivity index (χ4n) is 1.86. The molecule has 0 aliphatic heterocycles. The molecule has 3 rings (SSSR count). The van der Waals surface area contributed by atoms with E-state index in [1.54, 1.807) is 34.0 Å². The lowest BCUT2D eigenvalue weighted by Gasteiger charge is -1.95. The van der Waals surface area contributed by atoms with Crippen LogP contribution < -0.4 is 0 Å². The first-order valence-electron chi connectivity index (χ1n) is 6.60. The summed E-state index contributed by atoms with van der Waals surface area (Å²) in [6.45, 7) is 3.18. The van der Waals surface area contributed by atoms with Crippen LogP contribution in [0, 0.1) is 0 Å². The van der Waals surface area contributed by atoms with Gasteiger partial charge in [0, 0.05) is 26.4 Å². The van der Waals surface area contributed by atoms with Crippen LogP contribution in [0.1, 0.15) is 18.7 Å². The predicted molar refractivity (Wildman–Crippen MR) is 94.9 cm³/mol. The second kappa shape index (κ2) is 6.56. The van der Waals surface area contributed by atoms with Gasteiger partial charge < -0.3 is 4.84 Å². The third-order valence-corrected chi connectivity index (χ3v) is 6.43. The van der Waals surface area contributed by atoms with Gasteiger partial charge in [0.05, 0.1) is 10.6 Å². The van der Waals surface area contributed by atoms with Gasteiger partial charge in [0.2, 0.25) is 0 Å². The molecule has 0 aliphatic rings. The van der Waals surface area contributed by atoms with E-state index in [9.17, 15) is 4.79 Å². The molecule has 0 aromatic carbocycles. The van der Waals surface area contributed by atoms with E-state index >= 15 is 0 Å². The number of hydrogen-bond donors (Lipinski definition) is 0. The summed E-state index contributed by atoms with van der Waals surface area (Å²) in [6, 6.07) is 12.6. The molecule has 3 heterocycles. The minimum absolute atomic E-state index is 0.407. The van der Waals surface area contributed by atoms with Gasteiger partial charge in [-0.25, -0.2) is 4.79 Å². The van der Waals surface area contributed by atoms with Crippen LogP contribution in [0.2, 0.25) is 0 Å². The second-order valence-corrected chi connectivity index (χ2v) is 7.68. The van der Waals surface area contributed by atoms with E-state index in [0.29, 0.717) is 5.71 Å². The molecule has 3 aromatic heterocycles. The maximum Gasteiger partial charge on any atom is 0.331 e. The van der Waals surface area contributed by atoms with Crippen molar-refractivity contribution in [2.45, 2.75) is 13.8 Å². The zero-order valence-electron chi connectivity index (χ0n) is 12.0. The van der Waals surface area contributed by atoms with Crippen molar-refractivity contribution in [2.75, 3.05) is 0 Å². The summed E-state index contributed by atoms with van der Waals surface area (Å²) >= 11 is 5.18. The van der Waals surface area contributed by atoms with Gasteiger partial charge >= 0.3 is 5.97 Å². The van der Waals surface area contributed by atoms with Crippen molar-refractivity contribution >= 4 is 45.7 Å². The van der Waals surface area contributed by atoms with Gasteiger partial charge in [0.25, 0.3) is 0 Å². The van der Waals surface area contributed by atoms with Crippen LogP contribution in [0.3, 0.4) is 0 Å². The fraction of sp³-hybridized carbons (Fsp3) is 0.125. The van der Waals surface area contributed by atoms with Gasteiger partial charge in [-0.3, -0.25) is 0 Å². The number of oxime groups is 1. The predicted octanol–water partition coefficient (Wildman–Crippen LogP) is 5.49. The highest BCUT2D eigenvalue weighted by Crippen LogP contribution is 2.39. The van der Waals surface area contributed by atoms with Crippen molar-refractivity contribution in [1.29, 1.82) is 0 Å². The monoisotopic (exact) mass is 347 g/mol. The maximum atomic E-state index is 10.8. The highest BCUT2D eigenvalue weighted by atomic mass is 32.1. The van der Waals surface area contributed by atoms with Crippen molar-refractivity contribution in [2.24, 2.45) is 5.16 Å². The second-order valence-electron chi connectivity index (χ2n) is 4.56. The van der Waals surface area contributed by atoms with E-state index in [1.807, 2.05) is 13.0 Å². The standard InChI is InChI=1S/C16H13NO2S3/c1-10(17-19-11(2)18)12-5-6-15(21-12)16-8-7-14(22-16)13-4-3-9-20-13/h3-9H,1-2H3/b17-10+. The highest BCUT2D eigenvalue weighted by Gasteiger charge is 2.10. The topological polar surface area (TPSA) is 38.7 Å². The van der Waals surface area contributed by atoms with E-state index in [4.69, 9.17) is 0 Å². The molecule has 3 nitrogen and oxygen atoms in total. The number of carbonyl (C=O) groups is 1. The zero-order chi connectivity index (χ0) is 15.5. The van der Waals surface area contributed by atoms with Crippen LogP contribution in [0.4, 0.5) is 0 Å². The molecule has 0 radical (unpaired) electrons. The summed E-state index contributed by atoms with van der Waals surface area (Å²) < 4.78 is 0. The van der Waals surface area contributed by atoms with Crippen LogP contribution in [0.5, 0.6) is 0 Å². The van der Waals surface area contributed by atoms with Crippen molar-refractivity contribution in [3.63, 3.8) is 0 Å². The van der Waals surface area contributed by atoms with Gasteiger partial charge in [0.15, 0.2) is 0 Å². The molecular formula is C16H13NO2S3. The zero-order valence-corrected chi connectivity index (χ0v) is 14.5. The lowest BCUT2D eigenvalue weighted by molar-refractivity contribution is -0.140. The number of carbonyl (C=O) groups excluding carboxylic acids is 1. The molecule has 0 saturated heterocycles. The Morgan fingerprint density at radius 2 is 1.64 bits per heavy atom. The van der Waals surface area contributed by atoms with Crippen LogP contribution in [-0.2, 0) is 9.63 Å². The SMILES string of the molecule is CC(=O)O/N=C(\C)c1ccc(-c2ccc(-c3cccs3)s2)s1. The molecule has 0 amide bonds. The van der Waals surface area contributed by atoms with Crippen LogP contribution in [0.25, 0.3) is 19.5 Å². The molecule has 3 aromatic rings. The molecular weight excluding hydrogens is 334 g/mol. The third kappa shape index (κ3) is 3.35. The lowest BCUT2D eigenvalue weighted by Crippen LogP contribution is -1.96. The van der Waals surface area contributed by atoms with E-state index in [1.165, 1.54) is 26.4 Å². The Morgan fingerprint density at radius 3 is 2.32 bits per heavy atom. The minimum atomic E-state index is -0.407. The molecule has 0 aliphatic carbocycles. The van der Waals surface area contributed by atoms with Gasteiger partial charge in [-0.2, -0.15) is 0 Å². The first-order valence-corrected chi connectivity index (χ1v) is 9.11. The van der Waals surface area contributed by atoms with Gasteiger partial charge in [-0.05, 0) is 42.6 Å². The molecule has 0 unspecified atom stereocenters. The van der Waals surface area contributed by atoms with E-state index in [-0.39, 0.29) is 0 Å². The van der Waals surface area contributed by atoms with Crippen molar-refractivity contribution in [3.05, 3.63) is 46.7 Å². The Bertz CT molecular complexity index is 812. The van der Waals surface area contributed by atoms with Gasteiger partial charge in [-0.15, -0.1) is 34.0 Å². The molecule has 0 saturated carbocycles. The lowest BCUT2D eigenvalue weighted by atomic mass is 10.3. The average molecular weight is 347 g/mol. The van der Waals surface area contributed by atoms with Crippen LogP contribution in [0.15, 0.2) is 46.9 Å². The first-order chi connectivity index (χ1) is 10.6. The fourth-order valence-corrected chi connectivity index (χ4v) is 4.74. The summed E-state index contributed by atoms with van der Waals surface area (Å²) in [5.41, 5.74) is 0.710. The molecule has 0 atom stereocenters. The smallest absolute Gasteiger partial charge is 0.318 e. The molecule has 112 valence electrons. The van der Waals surface area contributed by atoms with Crippen molar-refractivity contribution in [1.82, 2.24) is 0 Å². The Balaban J connectivity index is 1.82. The minimum Gasteiger partial charge on any atom is -0.318 e. The number of rotatable bonds is 4. The molecule has 6 heteroatoms. The molecule has 22 heavy (non-hydrogen) atoms. The summed E-state index contributed by atoms with van der Waals surface area (Å²) in [7, 11) is 0. The summed E-state index contributed by atoms with van der Waals surface area (Å²) in [6.07, 6.45) is 0. The highest BCUT2D eigenvalue weighted by molar-refractivity contribution is 7.26. The molecule has 0 spiro atoms. The van der Waals surface area contributed by atoms with Crippen LogP contribution >= 0.6 is 34.0 Å². The Morgan fingerprint density at radius 1 is 0.955 bits per heavy atom. The third-order valence-electron chi connectivity index (χ3n) is 2.89. The molecule has 0 fully saturated rings. The van der Waals surface area contributed by atoms with Gasteiger partial charge in [-0.1, -0.05) is 11.2 Å². The van der Waals surface area contributed by atoms with Gasteiger partial charge in [0.1, 0.15) is 0 Å². The summed E-state index contributed by atoms with van der Waals surface area (Å²) in [4.78, 5) is 21.5. The Hall–Kier alpha value is -1.76. The van der Waals surface area contributed by atoms with E-state index in [0.717, 1.165) is 4.88 Å².